The summed E-state index contributed by atoms with van der Waals surface area (Å²) < 4.78 is 2.01. The van der Waals surface area contributed by atoms with Crippen LogP contribution in [0.1, 0.15) is 23.4 Å². The largest absolute Gasteiger partial charge is 0.371 e. The third kappa shape index (κ3) is 5.08. The zero-order chi connectivity index (χ0) is 21.6. The molecule has 1 fully saturated rings. The standard InChI is InChI=1S/C25H32N6/c1-19-15-20(2)31(29-19)24-12-8-7-9-22(24)17-28-25(26-3)27-16-21-13-14-30(18-21)23-10-5-4-6-11-23/h4-12,15,21H,13-14,16-18H2,1-3H3,(H2,26,27,28). The second kappa shape index (κ2) is 9.69. The first-order valence-corrected chi connectivity index (χ1v) is 11.0. The van der Waals surface area contributed by atoms with Crippen molar-refractivity contribution in [2.45, 2.75) is 26.8 Å². The molecule has 2 heterocycles. The Morgan fingerprint density at radius 3 is 2.58 bits per heavy atom. The van der Waals surface area contributed by atoms with E-state index >= 15 is 0 Å². The summed E-state index contributed by atoms with van der Waals surface area (Å²) in [5, 5.41) is 11.6. The van der Waals surface area contributed by atoms with Crippen molar-refractivity contribution in [3.05, 3.63) is 77.6 Å². The smallest absolute Gasteiger partial charge is 0.191 e. The lowest BCUT2D eigenvalue weighted by Gasteiger charge is -2.19. The number of guanidine groups is 1. The minimum atomic E-state index is 0.612. The zero-order valence-electron chi connectivity index (χ0n) is 18.7. The molecule has 1 aliphatic heterocycles. The van der Waals surface area contributed by atoms with Crippen molar-refractivity contribution in [1.29, 1.82) is 0 Å². The Bertz CT molecular complexity index is 1020. The van der Waals surface area contributed by atoms with Crippen molar-refractivity contribution in [2.24, 2.45) is 10.9 Å². The Labute approximate surface area is 185 Å². The van der Waals surface area contributed by atoms with Gasteiger partial charge >= 0.3 is 0 Å². The number of nitrogens with one attached hydrogen (secondary N) is 2. The number of rotatable bonds is 6. The van der Waals surface area contributed by atoms with E-state index < -0.39 is 0 Å². The first-order chi connectivity index (χ1) is 15.1. The van der Waals surface area contributed by atoms with Gasteiger partial charge in [-0.1, -0.05) is 36.4 Å². The summed E-state index contributed by atoms with van der Waals surface area (Å²) in [7, 11) is 1.83. The number of hydrogen-bond acceptors (Lipinski definition) is 3. The van der Waals surface area contributed by atoms with E-state index in [1.807, 2.05) is 18.7 Å². The number of aryl methyl sites for hydroxylation is 2. The Hall–Kier alpha value is -3.28. The molecule has 2 aromatic carbocycles. The summed E-state index contributed by atoms with van der Waals surface area (Å²) in [5.41, 5.74) is 5.77. The van der Waals surface area contributed by atoms with Gasteiger partial charge in [0.2, 0.25) is 0 Å². The molecule has 0 spiro atoms. The molecule has 2 N–H and O–H groups in total. The summed E-state index contributed by atoms with van der Waals surface area (Å²) in [5.74, 6) is 1.45. The summed E-state index contributed by atoms with van der Waals surface area (Å²) in [6.07, 6.45) is 1.19. The van der Waals surface area contributed by atoms with E-state index in [-0.39, 0.29) is 0 Å². The van der Waals surface area contributed by atoms with Gasteiger partial charge in [-0.05, 0) is 56.0 Å². The summed E-state index contributed by atoms with van der Waals surface area (Å²) in [4.78, 5) is 6.89. The zero-order valence-corrected chi connectivity index (χ0v) is 18.7. The number of nitrogens with zero attached hydrogens (tertiary/aromatic N) is 4. The van der Waals surface area contributed by atoms with E-state index in [9.17, 15) is 0 Å². The van der Waals surface area contributed by atoms with Crippen LogP contribution in [0, 0.1) is 19.8 Å². The van der Waals surface area contributed by atoms with Gasteiger partial charge in [0.1, 0.15) is 0 Å². The van der Waals surface area contributed by atoms with Crippen molar-refractivity contribution in [2.75, 3.05) is 31.6 Å². The van der Waals surface area contributed by atoms with E-state index in [0.29, 0.717) is 12.5 Å². The lowest BCUT2D eigenvalue weighted by Crippen LogP contribution is -2.40. The molecule has 1 unspecified atom stereocenters. The Morgan fingerprint density at radius 1 is 1.06 bits per heavy atom. The Balaban J connectivity index is 1.32. The van der Waals surface area contributed by atoms with Gasteiger partial charge in [-0.25, -0.2) is 4.68 Å². The number of aliphatic imine (C=N–C) groups is 1. The predicted molar refractivity (Wildman–Crippen MR) is 128 cm³/mol. The lowest BCUT2D eigenvalue weighted by atomic mass is 10.1. The number of aromatic nitrogens is 2. The normalized spacial score (nSPS) is 16.5. The van der Waals surface area contributed by atoms with Crippen LogP contribution in [0.15, 0.2) is 65.7 Å². The van der Waals surface area contributed by atoms with Crippen molar-refractivity contribution < 1.29 is 0 Å². The first-order valence-electron chi connectivity index (χ1n) is 11.0. The van der Waals surface area contributed by atoms with Gasteiger partial charge in [-0.15, -0.1) is 0 Å². The van der Waals surface area contributed by atoms with Crippen LogP contribution in [0.25, 0.3) is 5.69 Å². The molecule has 1 atom stereocenters. The highest BCUT2D eigenvalue weighted by molar-refractivity contribution is 5.79. The quantitative estimate of drug-likeness (QED) is 0.475. The molecule has 3 aromatic rings. The van der Waals surface area contributed by atoms with Crippen LogP contribution >= 0.6 is 0 Å². The highest BCUT2D eigenvalue weighted by Gasteiger charge is 2.22. The van der Waals surface area contributed by atoms with Gasteiger partial charge < -0.3 is 15.5 Å². The monoisotopic (exact) mass is 416 g/mol. The average Bonchev–Trinajstić information content (AvgIpc) is 3.40. The third-order valence-electron chi connectivity index (χ3n) is 5.86. The van der Waals surface area contributed by atoms with Crippen LogP contribution in [0.4, 0.5) is 5.69 Å². The van der Waals surface area contributed by atoms with E-state index in [1.165, 1.54) is 17.7 Å². The van der Waals surface area contributed by atoms with Crippen molar-refractivity contribution >= 4 is 11.6 Å². The second-order valence-corrected chi connectivity index (χ2v) is 8.21. The topological polar surface area (TPSA) is 57.5 Å². The molecule has 6 heteroatoms. The van der Waals surface area contributed by atoms with Crippen LogP contribution in [-0.2, 0) is 6.54 Å². The molecule has 0 aliphatic carbocycles. The molecular weight excluding hydrogens is 384 g/mol. The van der Waals surface area contributed by atoms with Crippen LogP contribution in [0.5, 0.6) is 0 Å². The Morgan fingerprint density at radius 2 is 1.84 bits per heavy atom. The van der Waals surface area contributed by atoms with Crippen molar-refractivity contribution in [3.8, 4) is 5.69 Å². The molecule has 0 bridgehead atoms. The van der Waals surface area contributed by atoms with E-state index in [1.54, 1.807) is 0 Å². The molecule has 31 heavy (non-hydrogen) atoms. The minimum Gasteiger partial charge on any atom is -0.371 e. The highest BCUT2D eigenvalue weighted by Crippen LogP contribution is 2.23. The van der Waals surface area contributed by atoms with E-state index in [2.05, 4.69) is 93.2 Å². The molecule has 1 aromatic heterocycles. The number of anilines is 1. The molecular formula is C25H32N6. The van der Waals surface area contributed by atoms with Gasteiger partial charge in [0.15, 0.2) is 5.96 Å². The van der Waals surface area contributed by atoms with Gasteiger partial charge in [0.05, 0.1) is 11.4 Å². The van der Waals surface area contributed by atoms with Gasteiger partial charge in [0.25, 0.3) is 0 Å². The van der Waals surface area contributed by atoms with Crippen molar-refractivity contribution in [1.82, 2.24) is 20.4 Å². The van der Waals surface area contributed by atoms with Gasteiger partial charge in [-0.3, -0.25) is 4.99 Å². The molecule has 0 saturated carbocycles. The fourth-order valence-electron chi connectivity index (χ4n) is 4.25. The predicted octanol–water partition coefficient (Wildman–Crippen LogP) is 3.68. The second-order valence-electron chi connectivity index (χ2n) is 8.21. The maximum absolute atomic E-state index is 4.65. The highest BCUT2D eigenvalue weighted by atomic mass is 15.3. The number of benzene rings is 2. The molecule has 0 radical (unpaired) electrons. The molecule has 1 saturated heterocycles. The fraction of sp³-hybridized carbons (Fsp3) is 0.360. The maximum atomic E-state index is 4.65. The molecule has 1 aliphatic rings. The molecule has 162 valence electrons. The van der Waals surface area contributed by atoms with Crippen LogP contribution in [-0.4, -0.2) is 42.4 Å². The molecule has 4 rings (SSSR count). The fourth-order valence-corrected chi connectivity index (χ4v) is 4.25. The van der Waals surface area contributed by atoms with Crippen LogP contribution in [0.3, 0.4) is 0 Å². The summed E-state index contributed by atoms with van der Waals surface area (Å²) >= 11 is 0. The van der Waals surface area contributed by atoms with Gasteiger partial charge in [-0.2, -0.15) is 5.10 Å². The average molecular weight is 417 g/mol. The molecule has 0 amide bonds. The summed E-state index contributed by atoms with van der Waals surface area (Å²) in [6, 6.07) is 21.1. The maximum Gasteiger partial charge on any atom is 0.191 e. The third-order valence-corrected chi connectivity index (χ3v) is 5.86. The summed E-state index contributed by atoms with van der Waals surface area (Å²) in [6.45, 7) is 7.91. The number of para-hydroxylation sites is 2. The number of hydrogen-bond donors (Lipinski definition) is 2. The van der Waals surface area contributed by atoms with E-state index in [4.69, 9.17) is 0 Å². The van der Waals surface area contributed by atoms with E-state index in [0.717, 1.165) is 42.7 Å². The first kappa shape index (κ1) is 21.0. The molecule has 6 nitrogen and oxygen atoms in total. The van der Waals surface area contributed by atoms with Crippen LogP contribution in [0.2, 0.25) is 0 Å². The van der Waals surface area contributed by atoms with Gasteiger partial charge in [0, 0.05) is 44.6 Å². The SMILES string of the molecule is CN=C(NCc1ccccc1-n1nc(C)cc1C)NCC1CCN(c2ccccc2)C1. The lowest BCUT2D eigenvalue weighted by molar-refractivity contribution is 0.565. The van der Waals surface area contributed by atoms with Crippen molar-refractivity contribution in [3.63, 3.8) is 0 Å². The minimum absolute atomic E-state index is 0.612. The Kier molecular flexibility index (Phi) is 6.55. The van der Waals surface area contributed by atoms with Crippen LogP contribution < -0.4 is 15.5 Å².